The average Bonchev–Trinajstić information content (AvgIpc) is 2.34. The number of carbonyl (C=O) groups is 3. The minimum Gasteiger partial charge on any atom is -0.469 e. The first-order chi connectivity index (χ1) is 8.64. The fraction of sp³-hybridized carbons (Fsp3) is 0.667. The van der Waals surface area contributed by atoms with Crippen LogP contribution < -0.4 is 0 Å². The highest BCUT2D eigenvalue weighted by Crippen LogP contribution is 2.28. The number of hydrogen-bond donors (Lipinski definition) is 1. The largest absolute Gasteiger partial charge is 0.469 e. The molecule has 110 valence electrons. The Kier molecular flexibility index (Phi) is 5.90. The first kappa shape index (κ1) is 17.3. The molecule has 0 unspecified atom stereocenters. The molecule has 0 aliphatic rings. The molecule has 0 saturated heterocycles. The van der Waals surface area contributed by atoms with Gasteiger partial charge in [-0.3, -0.25) is 18.9 Å². The SMILES string of the molecule is COC(=O)CC(CC(=O)OC)(C(=O)OC)S(=O)(=O)O. The highest BCUT2D eigenvalue weighted by molar-refractivity contribution is 7.88. The van der Waals surface area contributed by atoms with Crippen molar-refractivity contribution in [3.8, 4) is 0 Å². The molecule has 0 atom stereocenters. The van der Waals surface area contributed by atoms with Gasteiger partial charge in [0, 0.05) is 0 Å². The predicted octanol–water partition coefficient (Wildman–Crippen LogP) is -1.09. The molecule has 10 heteroatoms. The molecular formula is C9H14O9S. The van der Waals surface area contributed by atoms with Gasteiger partial charge in [-0.25, -0.2) is 0 Å². The van der Waals surface area contributed by atoms with Gasteiger partial charge in [-0.2, -0.15) is 8.42 Å². The fourth-order valence-corrected chi connectivity index (χ4v) is 2.19. The molecule has 0 aliphatic heterocycles. The van der Waals surface area contributed by atoms with E-state index in [2.05, 4.69) is 14.2 Å². The van der Waals surface area contributed by atoms with E-state index in [0.29, 0.717) is 0 Å². The molecule has 0 aromatic heterocycles. The Bertz CT molecular complexity index is 446. The van der Waals surface area contributed by atoms with Gasteiger partial charge < -0.3 is 14.2 Å². The van der Waals surface area contributed by atoms with Crippen LogP contribution in [0.2, 0.25) is 0 Å². The molecule has 0 aromatic carbocycles. The van der Waals surface area contributed by atoms with Crippen molar-refractivity contribution < 1.29 is 41.6 Å². The van der Waals surface area contributed by atoms with Gasteiger partial charge in [-0.1, -0.05) is 0 Å². The van der Waals surface area contributed by atoms with E-state index < -0.39 is 45.6 Å². The summed E-state index contributed by atoms with van der Waals surface area (Å²) >= 11 is 0. The van der Waals surface area contributed by atoms with E-state index in [4.69, 9.17) is 0 Å². The molecule has 0 radical (unpaired) electrons. The summed E-state index contributed by atoms with van der Waals surface area (Å²) in [5.41, 5.74) is 0. The van der Waals surface area contributed by atoms with Gasteiger partial charge in [0.25, 0.3) is 10.1 Å². The molecule has 0 rings (SSSR count). The number of rotatable bonds is 6. The van der Waals surface area contributed by atoms with E-state index in [9.17, 15) is 27.4 Å². The number of ether oxygens (including phenoxy) is 3. The van der Waals surface area contributed by atoms with Crippen LogP contribution in [0.5, 0.6) is 0 Å². The molecular weight excluding hydrogens is 284 g/mol. The number of carbonyl (C=O) groups excluding carboxylic acids is 3. The van der Waals surface area contributed by atoms with E-state index in [-0.39, 0.29) is 0 Å². The fourth-order valence-electron chi connectivity index (χ4n) is 1.29. The number of esters is 3. The molecule has 9 nitrogen and oxygen atoms in total. The summed E-state index contributed by atoms with van der Waals surface area (Å²) < 4.78 is 41.9. The smallest absolute Gasteiger partial charge is 0.330 e. The molecule has 0 fully saturated rings. The normalized spacial score (nSPS) is 11.6. The molecule has 19 heavy (non-hydrogen) atoms. The first-order valence-electron chi connectivity index (χ1n) is 4.83. The highest BCUT2D eigenvalue weighted by Gasteiger charge is 2.55. The van der Waals surface area contributed by atoms with E-state index in [1.165, 1.54) is 0 Å². The summed E-state index contributed by atoms with van der Waals surface area (Å²) in [7, 11) is -2.38. The standard InChI is InChI=1S/C9H14O9S/c1-16-6(10)4-9(8(12)18-3,19(13,14)15)5-7(11)17-2/h4-5H2,1-3H3,(H,13,14,15). The lowest BCUT2D eigenvalue weighted by Gasteiger charge is -2.25. The summed E-state index contributed by atoms with van der Waals surface area (Å²) in [4.78, 5) is 34.0. The molecule has 0 spiro atoms. The van der Waals surface area contributed by atoms with E-state index in [1.807, 2.05) is 0 Å². The van der Waals surface area contributed by atoms with Crippen molar-refractivity contribution in [3.63, 3.8) is 0 Å². The maximum Gasteiger partial charge on any atom is 0.330 e. The monoisotopic (exact) mass is 298 g/mol. The van der Waals surface area contributed by atoms with Crippen LogP contribution in [0.1, 0.15) is 12.8 Å². The van der Waals surface area contributed by atoms with Crippen LogP contribution in [-0.4, -0.2) is 57.0 Å². The molecule has 0 aromatic rings. The third-order valence-electron chi connectivity index (χ3n) is 2.37. The van der Waals surface area contributed by atoms with E-state index in [1.54, 1.807) is 0 Å². The Hall–Kier alpha value is -1.68. The summed E-state index contributed by atoms with van der Waals surface area (Å²) in [6.07, 6.45) is -2.16. The Labute approximate surface area is 109 Å². The van der Waals surface area contributed by atoms with Gasteiger partial charge in [0.15, 0.2) is 0 Å². The molecule has 0 bridgehead atoms. The lowest BCUT2D eigenvalue weighted by molar-refractivity contribution is -0.154. The molecule has 0 aliphatic carbocycles. The maximum absolute atomic E-state index is 11.6. The average molecular weight is 298 g/mol. The van der Waals surface area contributed by atoms with Crippen LogP contribution in [-0.2, 0) is 38.7 Å². The topological polar surface area (TPSA) is 133 Å². The van der Waals surface area contributed by atoms with E-state index in [0.717, 1.165) is 21.3 Å². The van der Waals surface area contributed by atoms with Gasteiger partial charge in [-0.15, -0.1) is 0 Å². The summed E-state index contributed by atoms with van der Waals surface area (Å²) in [5.74, 6) is -3.70. The van der Waals surface area contributed by atoms with Gasteiger partial charge >= 0.3 is 17.9 Å². The van der Waals surface area contributed by atoms with Crippen LogP contribution in [0.3, 0.4) is 0 Å². The van der Waals surface area contributed by atoms with Crippen LogP contribution in [0.15, 0.2) is 0 Å². The zero-order chi connectivity index (χ0) is 15.3. The summed E-state index contributed by atoms with van der Waals surface area (Å²) in [6.45, 7) is 0. The lowest BCUT2D eigenvalue weighted by Crippen LogP contribution is -2.50. The van der Waals surface area contributed by atoms with Crippen molar-refractivity contribution in [3.05, 3.63) is 0 Å². The minimum absolute atomic E-state index is 0.844. The van der Waals surface area contributed by atoms with Gasteiger partial charge in [0.2, 0.25) is 4.75 Å². The van der Waals surface area contributed by atoms with Crippen molar-refractivity contribution in [2.24, 2.45) is 0 Å². The zero-order valence-corrected chi connectivity index (χ0v) is 11.4. The minimum atomic E-state index is -5.12. The second-order valence-corrected chi connectivity index (χ2v) is 5.20. The summed E-state index contributed by atoms with van der Waals surface area (Å²) in [6, 6.07) is 0. The highest BCUT2D eigenvalue weighted by atomic mass is 32.2. The molecule has 0 amide bonds. The first-order valence-corrected chi connectivity index (χ1v) is 6.27. The van der Waals surface area contributed by atoms with Crippen LogP contribution in [0, 0.1) is 0 Å². The van der Waals surface area contributed by atoms with Gasteiger partial charge in [0.05, 0.1) is 34.2 Å². The second-order valence-electron chi connectivity index (χ2n) is 3.47. The molecule has 0 saturated carbocycles. The quantitative estimate of drug-likeness (QED) is 0.369. The second kappa shape index (κ2) is 6.48. The summed E-state index contributed by atoms with van der Waals surface area (Å²) in [5, 5.41) is 0. The van der Waals surface area contributed by atoms with Crippen molar-refractivity contribution >= 4 is 28.0 Å². The Morgan fingerprint density at radius 1 is 0.947 bits per heavy atom. The van der Waals surface area contributed by atoms with Crippen molar-refractivity contribution in [1.82, 2.24) is 0 Å². The van der Waals surface area contributed by atoms with Gasteiger partial charge in [-0.05, 0) is 0 Å². The lowest BCUT2D eigenvalue weighted by atomic mass is 10.0. The van der Waals surface area contributed by atoms with Crippen molar-refractivity contribution in [1.29, 1.82) is 0 Å². The molecule has 0 heterocycles. The third-order valence-corrected chi connectivity index (χ3v) is 3.81. The van der Waals surface area contributed by atoms with Crippen LogP contribution in [0.25, 0.3) is 0 Å². The number of methoxy groups -OCH3 is 3. The van der Waals surface area contributed by atoms with Crippen LogP contribution >= 0.6 is 0 Å². The third kappa shape index (κ3) is 3.89. The Morgan fingerprint density at radius 2 is 1.32 bits per heavy atom. The van der Waals surface area contributed by atoms with Crippen LogP contribution in [0.4, 0.5) is 0 Å². The Morgan fingerprint density at radius 3 is 1.53 bits per heavy atom. The predicted molar refractivity (Wildman–Crippen MR) is 59.6 cm³/mol. The van der Waals surface area contributed by atoms with Gasteiger partial charge in [0.1, 0.15) is 0 Å². The van der Waals surface area contributed by atoms with Crippen molar-refractivity contribution in [2.75, 3.05) is 21.3 Å². The van der Waals surface area contributed by atoms with E-state index >= 15 is 0 Å². The van der Waals surface area contributed by atoms with Crippen molar-refractivity contribution in [2.45, 2.75) is 17.6 Å². The maximum atomic E-state index is 11.6. The number of hydrogen-bond acceptors (Lipinski definition) is 8. The zero-order valence-electron chi connectivity index (χ0n) is 10.5. The Balaban J connectivity index is 5.80. The molecule has 1 N–H and O–H groups in total.